The number of carbonyl (C=O) groups is 1. The van der Waals surface area contributed by atoms with Crippen molar-refractivity contribution in [2.45, 2.75) is 6.92 Å². The molecule has 1 rings (SSSR count). The summed E-state index contributed by atoms with van der Waals surface area (Å²) in [5, 5.41) is 10.4. The number of benzene rings is 1. The van der Waals surface area contributed by atoms with Crippen LogP contribution in [0.2, 0.25) is 0 Å². The Kier molecular flexibility index (Phi) is 4.27. The fraction of sp³-hybridized carbons (Fsp3) is 0.222. The van der Waals surface area contributed by atoms with Crippen LogP contribution < -0.4 is 4.46 Å². The van der Waals surface area contributed by atoms with Crippen LogP contribution in [0, 0.1) is 10.1 Å². The topological polar surface area (TPSA) is 69.4 Å². The second kappa shape index (κ2) is 5.48. The molecule has 0 saturated carbocycles. The van der Waals surface area contributed by atoms with E-state index in [9.17, 15) is 14.9 Å². The molecule has 0 atom stereocenters. The summed E-state index contributed by atoms with van der Waals surface area (Å²) in [5.74, 6) is -0.307. The molecule has 15 heavy (non-hydrogen) atoms. The van der Waals surface area contributed by atoms with E-state index in [1.54, 1.807) is 12.1 Å². The molecule has 0 N–H and O–H groups in total. The Balaban J connectivity index is 2.50. The third-order valence-electron chi connectivity index (χ3n) is 1.54. The van der Waals surface area contributed by atoms with Crippen LogP contribution in [-0.4, -0.2) is 31.4 Å². The van der Waals surface area contributed by atoms with E-state index in [0.29, 0.717) is 5.51 Å². The molecule has 6 heteroatoms. The summed E-state index contributed by atoms with van der Waals surface area (Å²) in [5.41, 5.74) is 0.433. The van der Waals surface area contributed by atoms with Crippen molar-refractivity contribution in [1.29, 1.82) is 0 Å². The van der Waals surface area contributed by atoms with Crippen LogP contribution in [0.4, 0.5) is 5.69 Å². The van der Waals surface area contributed by atoms with Gasteiger partial charge in [0, 0.05) is 0 Å². The van der Waals surface area contributed by atoms with Gasteiger partial charge in [0.15, 0.2) is 0 Å². The van der Waals surface area contributed by atoms with Gasteiger partial charge in [-0.15, -0.1) is 0 Å². The number of nitrogens with zero attached hydrogens (tertiary/aromatic N) is 1. The Labute approximate surface area is 92.7 Å². The number of ether oxygens (including phenoxy) is 1. The molecule has 0 spiro atoms. The van der Waals surface area contributed by atoms with E-state index in [0.717, 1.165) is 4.46 Å². The minimum atomic E-state index is -0.442. The first-order valence-corrected chi connectivity index (χ1v) is 6.17. The van der Waals surface area contributed by atoms with Crippen molar-refractivity contribution in [3.05, 3.63) is 34.4 Å². The van der Waals surface area contributed by atoms with E-state index in [1.165, 1.54) is 19.1 Å². The Morgan fingerprint density at radius 1 is 1.47 bits per heavy atom. The van der Waals surface area contributed by atoms with E-state index in [-0.39, 0.29) is 26.6 Å². The Morgan fingerprint density at radius 2 is 2.07 bits per heavy atom. The molecule has 80 valence electrons. The van der Waals surface area contributed by atoms with Gasteiger partial charge in [-0.1, -0.05) is 0 Å². The second-order valence-electron chi connectivity index (χ2n) is 2.65. The number of nitro groups is 1. The van der Waals surface area contributed by atoms with E-state index in [1.807, 2.05) is 0 Å². The normalized spacial score (nSPS) is 9.67. The monoisotopic (exact) mass is 275 g/mol. The molecule has 0 radical (unpaired) electrons. The molecular weight excluding hydrogens is 265 g/mol. The van der Waals surface area contributed by atoms with Crippen LogP contribution in [0.1, 0.15) is 6.92 Å². The number of esters is 1. The molecule has 0 saturated heterocycles. The Bertz CT molecular complexity index is 363. The molecule has 1 aromatic carbocycles. The first kappa shape index (κ1) is 11.7. The van der Waals surface area contributed by atoms with Gasteiger partial charge >= 0.3 is 92.3 Å². The van der Waals surface area contributed by atoms with Crippen LogP contribution in [0.25, 0.3) is 0 Å². The molecule has 0 amide bonds. The Hall–Kier alpha value is -1.39. The molecule has 0 fully saturated rings. The third-order valence-corrected chi connectivity index (χ3v) is 3.30. The molecular formula is C9H9NO4Se. The van der Waals surface area contributed by atoms with E-state index < -0.39 is 4.92 Å². The van der Waals surface area contributed by atoms with Gasteiger partial charge in [-0.05, 0) is 0 Å². The fourth-order valence-electron chi connectivity index (χ4n) is 0.845. The van der Waals surface area contributed by atoms with Crippen LogP contribution in [0.3, 0.4) is 0 Å². The van der Waals surface area contributed by atoms with Crippen LogP contribution in [-0.2, 0) is 9.53 Å². The number of rotatable bonds is 4. The molecule has 0 aliphatic heterocycles. The van der Waals surface area contributed by atoms with Gasteiger partial charge < -0.3 is 0 Å². The number of hydrogen-bond donors (Lipinski definition) is 0. The summed E-state index contributed by atoms with van der Waals surface area (Å²) in [6.45, 7) is 1.35. The number of nitro benzene ring substituents is 1. The predicted octanol–water partition coefficient (Wildman–Crippen LogP) is 0.445. The van der Waals surface area contributed by atoms with E-state index >= 15 is 0 Å². The number of hydrogen-bond acceptors (Lipinski definition) is 4. The van der Waals surface area contributed by atoms with Gasteiger partial charge in [0.2, 0.25) is 0 Å². The van der Waals surface area contributed by atoms with Crippen LogP contribution >= 0.6 is 0 Å². The van der Waals surface area contributed by atoms with E-state index in [4.69, 9.17) is 4.74 Å². The zero-order chi connectivity index (χ0) is 11.3. The van der Waals surface area contributed by atoms with Crippen LogP contribution in [0.15, 0.2) is 24.3 Å². The number of carbonyl (C=O) groups excluding carboxylic acids is 1. The average Bonchev–Trinajstić information content (AvgIpc) is 2.18. The molecule has 0 aliphatic rings. The van der Waals surface area contributed by atoms with Crippen molar-refractivity contribution in [1.82, 2.24) is 0 Å². The molecule has 0 aromatic heterocycles. The molecule has 0 bridgehead atoms. The van der Waals surface area contributed by atoms with Gasteiger partial charge in [-0.25, -0.2) is 0 Å². The van der Waals surface area contributed by atoms with Gasteiger partial charge in [0.05, 0.1) is 0 Å². The van der Waals surface area contributed by atoms with Gasteiger partial charge in [0.25, 0.3) is 0 Å². The Morgan fingerprint density at radius 3 is 2.53 bits per heavy atom. The minimum absolute atomic E-state index is 0.0147. The van der Waals surface area contributed by atoms with Crippen molar-refractivity contribution in [3.63, 3.8) is 0 Å². The summed E-state index contributed by atoms with van der Waals surface area (Å²) in [6.07, 6.45) is 0. The third kappa shape index (κ3) is 4.10. The molecule has 1 aromatic rings. The maximum atomic E-state index is 10.5. The zero-order valence-corrected chi connectivity index (χ0v) is 9.72. The number of non-ortho nitro benzene ring substituents is 1. The first-order valence-electron chi connectivity index (χ1n) is 4.10. The van der Waals surface area contributed by atoms with E-state index in [2.05, 4.69) is 0 Å². The summed E-state index contributed by atoms with van der Waals surface area (Å²) in [7, 11) is 0. The van der Waals surface area contributed by atoms with Crippen molar-refractivity contribution >= 4 is 31.1 Å². The maximum absolute atomic E-state index is 10.5. The fourth-order valence-corrected chi connectivity index (χ4v) is 2.29. The molecule has 0 aliphatic carbocycles. The van der Waals surface area contributed by atoms with Crippen LogP contribution in [0.5, 0.6) is 0 Å². The zero-order valence-electron chi connectivity index (χ0n) is 8.00. The SMILES string of the molecule is CC(=O)OC[Se]c1ccc([N+](=O)[O-])cc1. The van der Waals surface area contributed by atoms with Crippen molar-refractivity contribution in [2.24, 2.45) is 0 Å². The standard InChI is InChI=1S/C9H9NO4Se/c1-7(11)14-6-15-9-4-2-8(3-5-9)10(12)13/h2-5H,6H2,1H3. The molecule has 0 heterocycles. The van der Waals surface area contributed by atoms with Crippen molar-refractivity contribution < 1.29 is 14.5 Å². The van der Waals surface area contributed by atoms with Gasteiger partial charge in [0.1, 0.15) is 0 Å². The average molecular weight is 274 g/mol. The second-order valence-corrected chi connectivity index (χ2v) is 4.74. The predicted molar refractivity (Wildman–Crippen MR) is 55.1 cm³/mol. The summed E-state index contributed by atoms with van der Waals surface area (Å²) >= 11 is 0.0147. The first-order chi connectivity index (χ1) is 7.09. The molecule has 5 nitrogen and oxygen atoms in total. The summed E-state index contributed by atoms with van der Waals surface area (Å²) in [4.78, 5) is 20.4. The molecule has 0 unspecified atom stereocenters. The van der Waals surface area contributed by atoms with Gasteiger partial charge in [-0.3, -0.25) is 0 Å². The quantitative estimate of drug-likeness (QED) is 0.346. The van der Waals surface area contributed by atoms with Crippen molar-refractivity contribution in [2.75, 3.05) is 5.51 Å². The summed E-state index contributed by atoms with van der Waals surface area (Å²) in [6, 6.07) is 6.26. The summed E-state index contributed by atoms with van der Waals surface area (Å²) < 4.78 is 5.75. The van der Waals surface area contributed by atoms with Gasteiger partial charge in [-0.2, -0.15) is 0 Å². The van der Waals surface area contributed by atoms with Crippen molar-refractivity contribution in [3.8, 4) is 0 Å².